The minimum absolute atomic E-state index is 0.0437. The molecule has 0 atom stereocenters. The molecule has 24 heavy (non-hydrogen) atoms. The highest BCUT2D eigenvalue weighted by Gasteiger charge is 2.30. The van der Waals surface area contributed by atoms with Gasteiger partial charge in [-0.15, -0.1) is 0 Å². The summed E-state index contributed by atoms with van der Waals surface area (Å²) in [4.78, 5) is 21.3. The molecule has 2 rings (SSSR count). The normalized spacial score (nSPS) is 10.8. The van der Waals surface area contributed by atoms with E-state index in [2.05, 4.69) is 0 Å². The van der Waals surface area contributed by atoms with Crippen LogP contribution in [-0.4, -0.2) is 22.2 Å². The molecule has 4 nitrogen and oxygen atoms in total. The summed E-state index contributed by atoms with van der Waals surface area (Å²) in [7, 11) is 0. The largest absolute Gasteiger partial charge is 0.478 e. The SMILES string of the molecule is O=C(O)c1cc(F)c(-c2c(F)cc(C(=O)O)c(F)c2F)c(F)c1F. The van der Waals surface area contributed by atoms with Crippen molar-refractivity contribution in [3.05, 3.63) is 58.2 Å². The van der Waals surface area contributed by atoms with Crippen molar-refractivity contribution in [2.75, 3.05) is 0 Å². The van der Waals surface area contributed by atoms with E-state index in [-0.39, 0.29) is 12.1 Å². The van der Waals surface area contributed by atoms with E-state index in [1.807, 2.05) is 0 Å². The summed E-state index contributed by atoms with van der Waals surface area (Å²) in [5, 5.41) is 17.2. The van der Waals surface area contributed by atoms with E-state index in [4.69, 9.17) is 10.2 Å². The van der Waals surface area contributed by atoms with Crippen molar-refractivity contribution in [3.8, 4) is 11.1 Å². The molecule has 2 aromatic carbocycles. The van der Waals surface area contributed by atoms with E-state index in [1.54, 1.807) is 0 Å². The van der Waals surface area contributed by atoms with Crippen LogP contribution in [0.15, 0.2) is 12.1 Å². The third-order valence-corrected chi connectivity index (χ3v) is 3.03. The molecule has 126 valence electrons. The third kappa shape index (κ3) is 2.55. The molecule has 0 bridgehead atoms. The first kappa shape index (κ1) is 17.3. The van der Waals surface area contributed by atoms with Crippen molar-refractivity contribution < 1.29 is 46.1 Å². The third-order valence-electron chi connectivity index (χ3n) is 3.03. The van der Waals surface area contributed by atoms with Crippen molar-refractivity contribution in [2.45, 2.75) is 0 Å². The quantitative estimate of drug-likeness (QED) is 0.655. The van der Waals surface area contributed by atoms with Crippen LogP contribution < -0.4 is 0 Å². The van der Waals surface area contributed by atoms with E-state index < -0.39 is 69.1 Å². The summed E-state index contributed by atoms with van der Waals surface area (Å²) in [6, 6.07) is -0.0874. The van der Waals surface area contributed by atoms with Crippen LogP contribution in [0.5, 0.6) is 0 Å². The van der Waals surface area contributed by atoms with Crippen LogP contribution in [0, 0.1) is 34.9 Å². The van der Waals surface area contributed by atoms with Gasteiger partial charge in [-0.1, -0.05) is 0 Å². The first-order chi connectivity index (χ1) is 11.1. The smallest absolute Gasteiger partial charge is 0.338 e. The second-order valence-electron chi connectivity index (χ2n) is 4.43. The predicted octanol–water partition coefficient (Wildman–Crippen LogP) is 3.58. The molecule has 0 amide bonds. The topological polar surface area (TPSA) is 74.6 Å². The first-order valence-corrected chi connectivity index (χ1v) is 5.89. The molecule has 0 saturated heterocycles. The van der Waals surface area contributed by atoms with Crippen LogP contribution in [-0.2, 0) is 0 Å². The van der Waals surface area contributed by atoms with E-state index in [0.29, 0.717) is 0 Å². The maximum atomic E-state index is 13.9. The fourth-order valence-corrected chi connectivity index (χ4v) is 1.96. The fraction of sp³-hybridized carbons (Fsp3) is 0. The molecule has 2 N–H and O–H groups in total. The molecule has 0 aliphatic heterocycles. The van der Waals surface area contributed by atoms with E-state index in [9.17, 15) is 35.9 Å². The monoisotopic (exact) mass is 350 g/mol. The van der Waals surface area contributed by atoms with Crippen molar-refractivity contribution >= 4 is 11.9 Å². The number of hydrogen-bond donors (Lipinski definition) is 2. The zero-order valence-electron chi connectivity index (χ0n) is 11.1. The van der Waals surface area contributed by atoms with Gasteiger partial charge in [0.25, 0.3) is 0 Å². The van der Waals surface area contributed by atoms with Gasteiger partial charge >= 0.3 is 11.9 Å². The molecule has 2 aromatic rings. The molecule has 10 heteroatoms. The molecule has 0 spiro atoms. The predicted molar refractivity (Wildman–Crippen MR) is 65.5 cm³/mol. The maximum absolute atomic E-state index is 13.9. The lowest BCUT2D eigenvalue weighted by Crippen LogP contribution is -2.10. The molecule has 0 aliphatic carbocycles. The summed E-state index contributed by atoms with van der Waals surface area (Å²) in [5.74, 6) is -16.7. The Hall–Kier alpha value is -3.04. The molecule has 0 radical (unpaired) electrons. The number of halogens is 6. The van der Waals surface area contributed by atoms with Crippen molar-refractivity contribution in [2.24, 2.45) is 0 Å². The number of benzene rings is 2. The van der Waals surface area contributed by atoms with Gasteiger partial charge in [0.15, 0.2) is 23.3 Å². The van der Waals surface area contributed by atoms with Crippen LogP contribution in [0.4, 0.5) is 26.3 Å². The zero-order chi connectivity index (χ0) is 18.3. The highest BCUT2D eigenvalue weighted by atomic mass is 19.2. The lowest BCUT2D eigenvalue weighted by atomic mass is 9.98. The number of carboxylic acids is 2. The van der Waals surface area contributed by atoms with Gasteiger partial charge in [0, 0.05) is 0 Å². The Bertz CT molecular complexity index is 820. The van der Waals surface area contributed by atoms with Gasteiger partial charge in [-0.2, -0.15) is 0 Å². The van der Waals surface area contributed by atoms with E-state index in [0.717, 1.165) is 0 Å². The van der Waals surface area contributed by atoms with Crippen molar-refractivity contribution in [3.63, 3.8) is 0 Å². The van der Waals surface area contributed by atoms with Crippen LogP contribution >= 0.6 is 0 Å². The molecule has 0 aromatic heterocycles. The second kappa shape index (κ2) is 5.87. The van der Waals surface area contributed by atoms with Crippen molar-refractivity contribution in [1.82, 2.24) is 0 Å². The number of aromatic carboxylic acids is 2. The van der Waals surface area contributed by atoms with E-state index in [1.165, 1.54) is 0 Å². The second-order valence-corrected chi connectivity index (χ2v) is 4.43. The van der Waals surface area contributed by atoms with Gasteiger partial charge in [-0.3, -0.25) is 0 Å². The van der Waals surface area contributed by atoms with Crippen molar-refractivity contribution in [1.29, 1.82) is 0 Å². The Morgan fingerprint density at radius 2 is 0.917 bits per heavy atom. The molecule has 0 fully saturated rings. The Labute approximate surface area is 128 Å². The Morgan fingerprint density at radius 3 is 1.17 bits per heavy atom. The van der Waals surface area contributed by atoms with Gasteiger partial charge in [-0.05, 0) is 12.1 Å². The summed E-state index contributed by atoms with van der Waals surface area (Å²) in [6.07, 6.45) is 0. The zero-order valence-corrected chi connectivity index (χ0v) is 11.1. The van der Waals surface area contributed by atoms with Gasteiger partial charge < -0.3 is 10.2 Å². The van der Waals surface area contributed by atoms with Gasteiger partial charge in [-0.25, -0.2) is 35.9 Å². The highest BCUT2D eigenvalue weighted by molar-refractivity contribution is 5.90. The lowest BCUT2D eigenvalue weighted by Gasteiger charge is -2.12. The van der Waals surface area contributed by atoms with Crippen LogP contribution in [0.2, 0.25) is 0 Å². The number of carboxylic acid groups (broad SMARTS) is 2. The minimum atomic E-state index is -2.27. The average Bonchev–Trinajstić information content (AvgIpc) is 2.49. The van der Waals surface area contributed by atoms with Gasteiger partial charge in [0.2, 0.25) is 0 Å². The average molecular weight is 350 g/mol. The van der Waals surface area contributed by atoms with Crippen LogP contribution in [0.3, 0.4) is 0 Å². The minimum Gasteiger partial charge on any atom is -0.478 e. The summed E-state index contributed by atoms with van der Waals surface area (Å²) >= 11 is 0. The summed E-state index contributed by atoms with van der Waals surface area (Å²) < 4.78 is 82.6. The fourth-order valence-electron chi connectivity index (χ4n) is 1.96. The molecular formula is C14H4F6O4. The number of hydrogen-bond acceptors (Lipinski definition) is 2. The van der Waals surface area contributed by atoms with E-state index >= 15 is 0 Å². The standard InChI is InChI=1S/C14H4F6O4/c15-5-1-3(13(21)22)9(17)11(19)7(5)8-6(16)2-4(14(23)24)10(18)12(8)20/h1-2H,(H,21,22)(H,23,24). The molecular weight excluding hydrogens is 346 g/mol. The molecule has 0 unspecified atom stereocenters. The number of carbonyl (C=O) groups is 2. The lowest BCUT2D eigenvalue weighted by molar-refractivity contribution is 0.0679. The van der Waals surface area contributed by atoms with Crippen LogP contribution in [0.25, 0.3) is 11.1 Å². The highest BCUT2D eigenvalue weighted by Crippen LogP contribution is 2.35. The number of rotatable bonds is 3. The maximum Gasteiger partial charge on any atom is 0.338 e. The summed E-state index contributed by atoms with van der Waals surface area (Å²) in [6.45, 7) is 0. The Kier molecular flexibility index (Phi) is 4.24. The molecule has 0 aliphatic rings. The first-order valence-electron chi connectivity index (χ1n) is 5.89. The van der Waals surface area contributed by atoms with Crippen LogP contribution in [0.1, 0.15) is 20.7 Å². The Morgan fingerprint density at radius 1 is 0.625 bits per heavy atom. The van der Waals surface area contributed by atoms with Gasteiger partial charge in [0.1, 0.15) is 22.8 Å². The molecule has 0 saturated carbocycles. The Balaban J connectivity index is 2.88. The summed E-state index contributed by atoms with van der Waals surface area (Å²) in [5.41, 5.74) is -6.30. The van der Waals surface area contributed by atoms with Gasteiger partial charge in [0.05, 0.1) is 11.1 Å². The molecule has 0 heterocycles.